The molecule has 104 valence electrons. The number of nitrogens with zero attached hydrogens (tertiary/aromatic N) is 2. The molecule has 2 N–H and O–H groups in total. The Kier molecular flexibility index (Phi) is 4.65. The third-order valence-electron chi connectivity index (χ3n) is 2.75. The highest BCUT2D eigenvalue weighted by Crippen LogP contribution is 2.20. The number of carboxylic acids is 1. The average molecular weight is 301 g/mol. The molecule has 1 saturated heterocycles. The first-order valence-electron chi connectivity index (χ1n) is 5.84. The molecular weight excluding hydrogens is 286 g/mol. The lowest BCUT2D eigenvalue weighted by molar-refractivity contribution is -0.140. The Labute approximate surface area is 119 Å². The Bertz CT molecular complexity index is 478. The Balaban J connectivity index is 1.79. The Morgan fingerprint density at radius 2 is 2.42 bits per heavy atom. The average Bonchev–Trinajstić information content (AvgIpc) is 2.97. The molecule has 0 bridgehead atoms. The molecule has 1 fully saturated rings. The van der Waals surface area contributed by atoms with E-state index in [0.717, 1.165) is 10.7 Å². The maximum Gasteiger partial charge on any atom is 0.327 e. The van der Waals surface area contributed by atoms with E-state index in [1.54, 1.807) is 11.3 Å². The largest absolute Gasteiger partial charge is 0.480 e. The van der Waals surface area contributed by atoms with Crippen molar-refractivity contribution >= 4 is 35.1 Å². The van der Waals surface area contributed by atoms with E-state index in [0.29, 0.717) is 24.6 Å². The Hall–Kier alpha value is -1.28. The van der Waals surface area contributed by atoms with Gasteiger partial charge < -0.3 is 15.3 Å². The zero-order chi connectivity index (χ0) is 13.8. The second-order valence-electron chi connectivity index (χ2n) is 4.16. The molecule has 0 aromatic carbocycles. The number of aryl methyl sites for hydroxylation is 1. The number of hydrogen-bond donors (Lipinski definition) is 2. The SMILES string of the molecule is Cc1nc(CCNC(=O)N2CSC[C@H]2C(=O)O)cs1. The molecule has 2 heterocycles. The minimum absolute atomic E-state index is 0.315. The lowest BCUT2D eigenvalue weighted by Gasteiger charge is -2.20. The summed E-state index contributed by atoms with van der Waals surface area (Å²) in [7, 11) is 0. The van der Waals surface area contributed by atoms with Gasteiger partial charge in [-0.3, -0.25) is 0 Å². The zero-order valence-corrected chi connectivity index (χ0v) is 12.1. The van der Waals surface area contributed by atoms with Crippen LogP contribution < -0.4 is 5.32 Å². The maximum atomic E-state index is 11.9. The first kappa shape index (κ1) is 14.1. The molecule has 2 amide bonds. The van der Waals surface area contributed by atoms with Crippen LogP contribution in [0.5, 0.6) is 0 Å². The van der Waals surface area contributed by atoms with Gasteiger partial charge in [-0.15, -0.1) is 23.1 Å². The van der Waals surface area contributed by atoms with Crippen LogP contribution in [0, 0.1) is 6.92 Å². The van der Waals surface area contributed by atoms with Gasteiger partial charge in [-0.05, 0) is 6.92 Å². The topological polar surface area (TPSA) is 82.5 Å². The highest BCUT2D eigenvalue weighted by molar-refractivity contribution is 7.99. The fourth-order valence-electron chi connectivity index (χ4n) is 1.77. The summed E-state index contributed by atoms with van der Waals surface area (Å²) in [5, 5.41) is 14.7. The minimum Gasteiger partial charge on any atom is -0.480 e. The van der Waals surface area contributed by atoms with Gasteiger partial charge in [-0.25, -0.2) is 14.6 Å². The van der Waals surface area contributed by atoms with Crippen LogP contribution >= 0.6 is 23.1 Å². The number of aliphatic carboxylic acids is 1. The first-order valence-corrected chi connectivity index (χ1v) is 7.87. The fourth-order valence-corrected chi connectivity index (χ4v) is 3.56. The van der Waals surface area contributed by atoms with E-state index in [9.17, 15) is 9.59 Å². The van der Waals surface area contributed by atoms with E-state index in [-0.39, 0.29) is 6.03 Å². The number of amides is 2. The summed E-state index contributed by atoms with van der Waals surface area (Å²) in [6.45, 7) is 2.40. The summed E-state index contributed by atoms with van der Waals surface area (Å²) in [5.74, 6) is -0.0672. The molecule has 0 aliphatic carbocycles. The minimum atomic E-state index is -0.949. The van der Waals surface area contributed by atoms with E-state index in [2.05, 4.69) is 10.3 Å². The Morgan fingerprint density at radius 1 is 1.63 bits per heavy atom. The van der Waals surface area contributed by atoms with Gasteiger partial charge in [0.1, 0.15) is 6.04 Å². The molecular formula is C11H15N3O3S2. The molecule has 8 heteroatoms. The molecule has 0 radical (unpaired) electrons. The van der Waals surface area contributed by atoms with E-state index in [4.69, 9.17) is 5.11 Å². The number of thiazole rings is 1. The molecule has 1 aromatic heterocycles. The normalized spacial score (nSPS) is 18.6. The standard InChI is InChI=1S/C11H15N3O3S2/c1-7-13-8(4-19-7)2-3-12-11(17)14-6-18-5-9(14)10(15)16/h4,9H,2-3,5-6H2,1H3,(H,12,17)(H,15,16)/t9-/m0/s1. The van der Waals surface area contributed by atoms with Gasteiger partial charge in [0.2, 0.25) is 0 Å². The molecule has 6 nitrogen and oxygen atoms in total. The number of carbonyl (C=O) groups is 2. The molecule has 1 aromatic rings. The number of thioether (sulfide) groups is 1. The Morgan fingerprint density at radius 3 is 3.05 bits per heavy atom. The number of urea groups is 1. The molecule has 1 aliphatic rings. The lowest BCUT2D eigenvalue weighted by Crippen LogP contribution is -2.47. The molecule has 0 unspecified atom stereocenters. The van der Waals surface area contributed by atoms with Gasteiger partial charge in [0.25, 0.3) is 0 Å². The van der Waals surface area contributed by atoms with Crippen molar-refractivity contribution in [3.05, 3.63) is 16.1 Å². The predicted octanol–water partition coefficient (Wildman–Crippen LogP) is 1.16. The number of rotatable bonds is 4. The summed E-state index contributed by atoms with van der Waals surface area (Å²) in [4.78, 5) is 28.5. The maximum absolute atomic E-state index is 11.9. The van der Waals surface area contributed by atoms with Gasteiger partial charge in [-0.2, -0.15) is 0 Å². The second-order valence-corrected chi connectivity index (χ2v) is 6.23. The van der Waals surface area contributed by atoms with Gasteiger partial charge in [0.15, 0.2) is 0 Å². The summed E-state index contributed by atoms with van der Waals surface area (Å²) in [5.41, 5.74) is 0.952. The lowest BCUT2D eigenvalue weighted by atomic mass is 10.3. The smallest absolute Gasteiger partial charge is 0.327 e. The second kappa shape index (κ2) is 6.25. The van der Waals surface area contributed by atoms with Crippen LogP contribution in [0.3, 0.4) is 0 Å². The monoisotopic (exact) mass is 301 g/mol. The molecule has 1 atom stereocenters. The molecule has 0 saturated carbocycles. The van der Waals surface area contributed by atoms with Crippen LogP contribution in [0.4, 0.5) is 4.79 Å². The van der Waals surface area contributed by atoms with Crippen molar-refractivity contribution in [3.63, 3.8) is 0 Å². The van der Waals surface area contributed by atoms with Crippen LogP contribution in [0.1, 0.15) is 10.7 Å². The quantitative estimate of drug-likeness (QED) is 0.872. The van der Waals surface area contributed by atoms with E-state index in [1.807, 2.05) is 12.3 Å². The zero-order valence-electron chi connectivity index (χ0n) is 10.5. The summed E-state index contributed by atoms with van der Waals surface area (Å²) in [6.07, 6.45) is 0.662. The molecule has 0 spiro atoms. The van der Waals surface area contributed by atoms with Gasteiger partial charge in [0, 0.05) is 24.1 Å². The van der Waals surface area contributed by atoms with Crippen molar-refractivity contribution in [3.8, 4) is 0 Å². The van der Waals surface area contributed by atoms with Gasteiger partial charge >= 0.3 is 12.0 Å². The highest BCUT2D eigenvalue weighted by atomic mass is 32.2. The van der Waals surface area contributed by atoms with Crippen LogP contribution in [0.25, 0.3) is 0 Å². The van der Waals surface area contributed by atoms with Crippen molar-refractivity contribution < 1.29 is 14.7 Å². The van der Waals surface area contributed by atoms with Crippen molar-refractivity contribution in [2.45, 2.75) is 19.4 Å². The molecule has 1 aliphatic heterocycles. The van der Waals surface area contributed by atoms with Crippen molar-refractivity contribution in [1.82, 2.24) is 15.2 Å². The van der Waals surface area contributed by atoms with E-state index < -0.39 is 12.0 Å². The van der Waals surface area contributed by atoms with E-state index in [1.165, 1.54) is 16.7 Å². The summed E-state index contributed by atoms with van der Waals surface area (Å²) < 4.78 is 0. The number of carbonyl (C=O) groups excluding carboxylic acids is 1. The van der Waals surface area contributed by atoms with E-state index >= 15 is 0 Å². The predicted molar refractivity (Wildman–Crippen MR) is 74.5 cm³/mol. The van der Waals surface area contributed by atoms with Crippen LogP contribution in [-0.4, -0.2) is 51.2 Å². The third-order valence-corrected chi connectivity index (χ3v) is 4.59. The van der Waals surface area contributed by atoms with Crippen LogP contribution in [-0.2, 0) is 11.2 Å². The van der Waals surface area contributed by atoms with Crippen LogP contribution in [0.15, 0.2) is 5.38 Å². The molecule has 19 heavy (non-hydrogen) atoms. The fraction of sp³-hybridized carbons (Fsp3) is 0.545. The molecule has 2 rings (SSSR count). The third kappa shape index (κ3) is 3.60. The summed E-state index contributed by atoms with van der Waals surface area (Å²) >= 11 is 3.03. The van der Waals surface area contributed by atoms with Crippen molar-refractivity contribution in [1.29, 1.82) is 0 Å². The summed E-state index contributed by atoms with van der Waals surface area (Å²) in [6, 6.07) is -1.03. The van der Waals surface area contributed by atoms with Gasteiger partial charge in [0.05, 0.1) is 16.6 Å². The number of nitrogens with one attached hydrogen (secondary N) is 1. The number of hydrogen-bond acceptors (Lipinski definition) is 5. The van der Waals surface area contributed by atoms with Crippen LogP contribution in [0.2, 0.25) is 0 Å². The number of carboxylic acid groups (broad SMARTS) is 1. The number of aromatic nitrogens is 1. The highest BCUT2D eigenvalue weighted by Gasteiger charge is 2.34. The van der Waals surface area contributed by atoms with Crippen molar-refractivity contribution in [2.24, 2.45) is 0 Å². The van der Waals surface area contributed by atoms with Gasteiger partial charge in [-0.1, -0.05) is 0 Å². The van der Waals surface area contributed by atoms with Crippen molar-refractivity contribution in [2.75, 3.05) is 18.2 Å². The first-order chi connectivity index (χ1) is 9.08.